The van der Waals surface area contributed by atoms with Gasteiger partial charge in [0.15, 0.2) is 5.11 Å². The van der Waals surface area contributed by atoms with Crippen LogP contribution in [0.4, 0.5) is 11.4 Å². The Bertz CT molecular complexity index is 1590. The average molecular weight is 605 g/mol. The van der Waals surface area contributed by atoms with Crippen molar-refractivity contribution < 1.29 is 0 Å². The Morgan fingerprint density at radius 1 is 0.902 bits per heavy atom. The normalized spacial score (nSPS) is 19.6. The monoisotopic (exact) mass is 603 g/mol. The van der Waals surface area contributed by atoms with E-state index in [1.807, 2.05) is 30.5 Å². The summed E-state index contributed by atoms with van der Waals surface area (Å²) in [5, 5.41) is 5.76. The van der Waals surface area contributed by atoms with Gasteiger partial charge < -0.3 is 19.7 Å². The van der Waals surface area contributed by atoms with Gasteiger partial charge in [0, 0.05) is 47.1 Å². The van der Waals surface area contributed by atoms with E-state index in [9.17, 15) is 0 Å². The quantitative estimate of drug-likeness (QED) is 0.231. The number of halogens is 2. The van der Waals surface area contributed by atoms with Gasteiger partial charge in [-0.25, -0.2) is 0 Å². The highest BCUT2D eigenvalue weighted by Crippen LogP contribution is 2.45. The van der Waals surface area contributed by atoms with Crippen molar-refractivity contribution in [1.29, 1.82) is 0 Å². The predicted octanol–water partition coefficient (Wildman–Crippen LogP) is 8.52. The van der Waals surface area contributed by atoms with E-state index in [2.05, 4.69) is 83.8 Å². The molecule has 2 aromatic heterocycles. The number of rotatable bonds is 5. The molecule has 2 saturated heterocycles. The minimum atomic E-state index is -0.139. The Kier molecular flexibility index (Phi) is 7.75. The number of hydrogen-bond acceptors (Lipinski definition) is 3. The van der Waals surface area contributed by atoms with Gasteiger partial charge in [-0.15, -0.1) is 0 Å². The second-order valence-corrected chi connectivity index (χ2v) is 12.5. The van der Waals surface area contributed by atoms with Gasteiger partial charge in [-0.1, -0.05) is 42.3 Å². The van der Waals surface area contributed by atoms with Crippen LogP contribution >= 0.6 is 35.4 Å². The van der Waals surface area contributed by atoms with Crippen LogP contribution < -0.4 is 15.1 Å². The van der Waals surface area contributed by atoms with Crippen LogP contribution in [0.3, 0.4) is 0 Å². The van der Waals surface area contributed by atoms with Crippen LogP contribution in [-0.2, 0) is 0 Å². The van der Waals surface area contributed by atoms with E-state index in [0.29, 0.717) is 5.11 Å². The summed E-state index contributed by atoms with van der Waals surface area (Å²) in [5.41, 5.74) is 8.58. The Hall–Kier alpha value is -3.06. The lowest BCUT2D eigenvalue weighted by Crippen LogP contribution is -2.33. The highest BCUT2D eigenvalue weighted by molar-refractivity contribution is 7.80. The van der Waals surface area contributed by atoms with Crippen LogP contribution in [0.1, 0.15) is 60.1 Å². The van der Waals surface area contributed by atoms with Crippen LogP contribution in [0, 0.1) is 26.7 Å². The van der Waals surface area contributed by atoms with Crippen LogP contribution in [0.5, 0.6) is 0 Å². The lowest BCUT2D eigenvalue weighted by atomic mass is 9.96. The fraction of sp³-hybridized carbons (Fsp3) is 0.333. The van der Waals surface area contributed by atoms with E-state index in [4.69, 9.17) is 40.4 Å². The minimum absolute atomic E-state index is 0.130. The number of nitrogens with zero attached hydrogens (tertiary/aromatic N) is 4. The molecule has 2 aliphatic rings. The third kappa shape index (κ3) is 5.11. The van der Waals surface area contributed by atoms with Gasteiger partial charge in [0.05, 0.1) is 28.5 Å². The smallest absolute Gasteiger partial charge is 0.174 e. The van der Waals surface area contributed by atoms with Gasteiger partial charge in [0.25, 0.3) is 0 Å². The molecular formula is C33H35Cl2N5S. The molecule has 5 nitrogen and oxygen atoms in total. The molecule has 2 aliphatic heterocycles. The Balaban J connectivity index is 1.45. The third-order valence-corrected chi connectivity index (χ3v) is 9.73. The molecule has 4 aromatic rings. The first-order valence-electron chi connectivity index (χ1n) is 14.2. The Labute approximate surface area is 258 Å². The maximum Gasteiger partial charge on any atom is 0.174 e. The van der Waals surface area contributed by atoms with Gasteiger partial charge >= 0.3 is 0 Å². The molecule has 1 N–H and O–H groups in total. The van der Waals surface area contributed by atoms with E-state index in [-0.39, 0.29) is 12.1 Å². The molecule has 2 fully saturated rings. The summed E-state index contributed by atoms with van der Waals surface area (Å²) in [6.45, 7) is 10.8. The number of anilines is 2. The van der Waals surface area contributed by atoms with E-state index in [1.165, 1.54) is 18.4 Å². The van der Waals surface area contributed by atoms with Crippen molar-refractivity contribution in [2.75, 3.05) is 22.9 Å². The van der Waals surface area contributed by atoms with Gasteiger partial charge in [-0.2, -0.15) is 0 Å². The maximum absolute atomic E-state index is 6.98. The molecular weight excluding hydrogens is 569 g/mol. The number of aryl methyl sites for hydroxylation is 1. The van der Waals surface area contributed by atoms with E-state index < -0.39 is 0 Å². The van der Waals surface area contributed by atoms with Crippen molar-refractivity contribution in [3.63, 3.8) is 0 Å². The minimum Gasteiger partial charge on any atom is -0.370 e. The summed E-state index contributed by atoms with van der Waals surface area (Å²) in [6.07, 6.45) is 4.21. The topological polar surface area (TPSA) is 36.3 Å². The maximum atomic E-state index is 6.98. The van der Waals surface area contributed by atoms with Crippen molar-refractivity contribution in [2.24, 2.45) is 5.92 Å². The van der Waals surface area contributed by atoms with Gasteiger partial charge in [0.2, 0.25) is 0 Å². The number of benzene rings is 2. The molecule has 2 atom stereocenters. The van der Waals surface area contributed by atoms with E-state index in [1.54, 1.807) is 0 Å². The van der Waals surface area contributed by atoms with Crippen molar-refractivity contribution in [1.82, 2.24) is 14.9 Å². The average Bonchev–Trinajstić information content (AvgIpc) is 3.46. The first kappa shape index (κ1) is 28.1. The van der Waals surface area contributed by atoms with Gasteiger partial charge in [0.1, 0.15) is 0 Å². The molecule has 0 spiro atoms. The lowest BCUT2D eigenvalue weighted by Gasteiger charge is -2.33. The summed E-state index contributed by atoms with van der Waals surface area (Å²) in [6, 6.07) is 20.5. The zero-order valence-corrected chi connectivity index (χ0v) is 26.2. The summed E-state index contributed by atoms with van der Waals surface area (Å²) in [4.78, 5) is 9.35. The molecule has 8 heteroatoms. The number of piperidine rings is 1. The zero-order valence-electron chi connectivity index (χ0n) is 23.9. The number of thiocarbonyl (C=S) groups is 1. The van der Waals surface area contributed by atoms with Crippen LogP contribution in [0.15, 0.2) is 66.9 Å². The van der Waals surface area contributed by atoms with Crippen molar-refractivity contribution in [3.05, 3.63) is 105 Å². The molecule has 0 aliphatic carbocycles. The fourth-order valence-electron chi connectivity index (χ4n) is 6.40. The number of pyridine rings is 1. The summed E-state index contributed by atoms with van der Waals surface area (Å²) >= 11 is 19.5. The summed E-state index contributed by atoms with van der Waals surface area (Å²) in [7, 11) is 0. The van der Waals surface area contributed by atoms with Crippen molar-refractivity contribution >= 4 is 51.9 Å². The Morgan fingerprint density at radius 2 is 1.68 bits per heavy atom. The summed E-state index contributed by atoms with van der Waals surface area (Å²) in [5.74, 6) is 0.760. The molecule has 0 amide bonds. The second-order valence-electron chi connectivity index (χ2n) is 11.3. The number of hydrogen-bond donors (Lipinski definition) is 1. The molecule has 0 saturated carbocycles. The molecule has 212 valence electrons. The first-order valence-corrected chi connectivity index (χ1v) is 15.4. The van der Waals surface area contributed by atoms with Gasteiger partial charge in [-0.05, 0) is 111 Å². The zero-order chi connectivity index (χ0) is 28.8. The Morgan fingerprint density at radius 3 is 2.39 bits per heavy atom. The molecule has 6 rings (SSSR count). The number of nitrogens with one attached hydrogen (secondary N) is 1. The van der Waals surface area contributed by atoms with Crippen molar-refractivity contribution in [3.8, 4) is 5.69 Å². The first-order chi connectivity index (χ1) is 19.7. The van der Waals surface area contributed by atoms with Crippen molar-refractivity contribution in [2.45, 2.75) is 52.6 Å². The SMILES string of the molecule is Cc1c(Cl)cccc1-n1c(C)cc(C2C(c3ccccn3)NC(=S)N2c2ccc(N3CCC(C)CC3)c(Cl)c2)c1C. The van der Waals surface area contributed by atoms with E-state index in [0.717, 1.165) is 68.8 Å². The standard InChI is InChI=1S/C33H35Cl2N5S/c1-20-13-16-38(17-14-20)30-12-11-24(19-27(30)35)40-32(31(37-33(40)41)28-9-5-6-15-36-28)25-18-21(2)39(23(25)4)29-10-7-8-26(34)22(29)3/h5-12,15,18-20,31-32H,13-14,16-17H2,1-4H3,(H,37,41). The molecule has 4 heterocycles. The van der Waals surface area contributed by atoms with Crippen LogP contribution in [-0.4, -0.2) is 27.8 Å². The highest BCUT2D eigenvalue weighted by Gasteiger charge is 2.42. The molecule has 0 radical (unpaired) electrons. The fourth-order valence-corrected chi connectivity index (χ4v) is 7.21. The third-order valence-electron chi connectivity index (χ3n) is 8.70. The number of aromatic nitrogens is 2. The predicted molar refractivity (Wildman–Crippen MR) is 175 cm³/mol. The molecule has 41 heavy (non-hydrogen) atoms. The molecule has 2 aromatic carbocycles. The second kappa shape index (κ2) is 11.3. The van der Waals surface area contributed by atoms with E-state index >= 15 is 0 Å². The largest absolute Gasteiger partial charge is 0.370 e. The van der Waals surface area contributed by atoms with Crippen LogP contribution in [0.25, 0.3) is 5.69 Å². The molecule has 0 bridgehead atoms. The van der Waals surface area contributed by atoms with Gasteiger partial charge in [-0.3, -0.25) is 4.98 Å². The van der Waals surface area contributed by atoms with Crippen LogP contribution in [0.2, 0.25) is 10.0 Å². The molecule has 2 unspecified atom stereocenters. The lowest BCUT2D eigenvalue weighted by molar-refractivity contribution is 0.438. The highest BCUT2D eigenvalue weighted by atomic mass is 35.5. The summed E-state index contributed by atoms with van der Waals surface area (Å²) < 4.78 is 2.29.